The van der Waals surface area contributed by atoms with E-state index in [1.165, 1.54) is 89.9 Å². The van der Waals surface area contributed by atoms with Crippen molar-refractivity contribution in [1.29, 1.82) is 0 Å². The van der Waals surface area contributed by atoms with Crippen LogP contribution >= 0.6 is 0 Å². The van der Waals surface area contributed by atoms with E-state index in [0.29, 0.717) is 0 Å². The van der Waals surface area contributed by atoms with Crippen LogP contribution in [-0.4, -0.2) is 0 Å². The second kappa shape index (κ2) is 9.98. The number of hydrogen-bond donors (Lipinski definition) is 0. The second-order valence-electron chi connectivity index (χ2n) is 9.55. The molecule has 3 aliphatic carbocycles. The van der Waals surface area contributed by atoms with Crippen LogP contribution < -0.4 is 0 Å². The molecule has 0 spiro atoms. The summed E-state index contributed by atoms with van der Waals surface area (Å²) in [5, 5.41) is 0. The first kappa shape index (κ1) is 19.2. The summed E-state index contributed by atoms with van der Waals surface area (Å²) >= 11 is 0. The third-order valence-electron chi connectivity index (χ3n) is 7.61. The minimum Gasteiger partial charge on any atom is -0.0806 e. The van der Waals surface area contributed by atoms with Crippen molar-refractivity contribution in [3.8, 4) is 0 Å². The highest BCUT2D eigenvalue weighted by molar-refractivity contribution is 5.27. The molecule has 1 atom stereocenters. The minimum absolute atomic E-state index is 0.854. The molecular weight excluding hydrogens is 300 g/mol. The molecule has 0 heteroatoms. The summed E-state index contributed by atoms with van der Waals surface area (Å²) in [4.78, 5) is 0. The smallest absolute Gasteiger partial charge is 0.0165 e. The van der Waals surface area contributed by atoms with Crippen LogP contribution in [0.1, 0.15) is 104 Å². The molecule has 0 bridgehead atoms. The molecule has 0 N–H and O–H groups in total. The van der Waals surface area contributed by atoms with Gasteiger partial charge in [0.2, 0.25) is 0 Å². The van der Waals surface area contributed by atoms with Gasteiger partial charge in [-0.15, -0.1) is 0 Å². The van der Waals surface area contributed by atoms with Gasteiger partial charge in [-0.05, 0) is 67.3 Å². The molecule has 0 aliphatic heterocycles. The first-order chi connectivity index (χ1) is 12.3. The average Bonchev–Trinajstić information content (AvgIpc) is 2.67. The van der Waals surface area contributed by atoms with Crippen molar-refractivity contribution in [2.75, 3.05) is 0 Å². The van der Waals surface area contributed by atoms with E-state index in [0.717, 1.165) is 29.6 Å². The van der Waals surface area contributed by atoms with Gasteiger partial charge in [-0.1, -0.05) is 89.9 Å². The van der Waals surface area contributed by atoms with Crippen molar-refractivity contribution in [2.24, 2.45) is 29.6 Å². The quantitative estimate of drug-likeness (QED) is 0.410. The van der Waals surface area contributed by atoms with E-state index in [1.807, 2.05) is 0 Å². The SMILES string of the molecule is CCCCCCC1CCC(C2C=CC(C3CCC(C)CC3)=CC2)CC1. The van der Waals surface area contributed by atoms with Gasteiger partial charge in [0.1, 0.15) is 0 Å². The molecule has 0 aromatic rings. The molecule has 25 heavy (non-hydrogen) atoms. The second-order valence-corrected chi connectivity index (χ2v) is 9.55. The first-order valence-corrected chi connectivity index (χ1v) is 11.6. The number of allylic oxidation sites excluding steroid dienone is 4. The number of hydrogen-bond acceptors (Lipinski definition) is 0. The molecule has 2 saturated carbocycles. The van der Waals surface area contributed by atoms with Crippen LogP contribution in [0.5, 0.6) is 0 Å². The Morgan fingerprint density at radius 3 is 2.28 bits per heavy atom. The summed E-state index contributed by atoms with van der Waals surface area (Å²) in [6.07, 6.45) is 28.2. The predicted octanol–water partition coefficient (Wildman–Crippen LogP) is 8.09. The van der Waals surface area contributed by atoms with E-state index in [2.05, 4.69) is 32.1 Å². The van der Waals surface area contributed by atoms with Gasteiger partial charge in [0.25, 0.3) is 0 Å². The molecule has 0 amide bonds. The normalized spacial score (nSPS) is 36.2. The van der Waals surface area contributed by atoms with Gasteiger partial charge in [0, 0.05) is 0 Å². The van der Waals surface area contributed by atoms with Crippen LogP contribution in [0.2, 0.25) is 0 Å². The maximum absolute atomic E-state index is 2.63. The summed E-state index contributed by atoms with van der Waals surface area (Å²) < 4.78 is 0. The molecule has 142 valence electrons. The average molecular weight is 343 g/mol. The standard InChI is InChI=1S/C25H42/c1-3-4-5-6-7-21-10-14-23(15-11-21)25-18-16-24(17-19-25)22-12-8-20(2)9-13-22/h16-18,20-23,25H,3-15,19H2,1-2H3. The van der Waals surface area contributed by atoms with Crippen molar-refractivity contribution < 1.29 is 0 Å². The topological polar surface area (TPSA) is 0 Å². The summed E-state index contributed by atoms with van der Waals surface area (Å²) in [6, 6.07) is 0. The van der Waals surface area contributed by atoms with Crippen LogP contribution in [0.4, 0.5) is 0 Å². The Labute approximate surface area is 157 Å². The zero-order valence-corrected chi connectivity index (χ0v) is 17.0. The third-order valence-corrected chi connectivity index (χ3v) is 7.61. The van der Waals surface area contributed by atoms with Gasteiger partial charge >= 0.3 is 0 Å². The van der Waals surface area contributed by atoms with Crippen molar-refractivity contribution in [3.05, 3.63) is 23.8 Å². The Hall–Kier alpha value is -0.520. The first-order valence-electron chi connectivity index (χ1n) is 11.6. The van der Waals surface area contributed by atoms with Gasteiger partial charge in [0.05, 0.1) is 0 Å². The highest BCUT2D eigenvalue weighted by Gasteiger charge is 2.28. The molecule has 0 radical (unpaired) electrons. The Morgan fingerprint density at radius 2 is 1.64 bits per heavy atom. The lowest BCUT2D eigenvalue weighted by atomic mass is 9.71. The van der Waals surface area contributed by atoms with Crippen LogP contribution in [0, 0.1) is 29.6 Å². The Morgan fingerprint density at radius 1 is 0.880 bits per heavy atom. The zero-order chi connectivity index (χ0) is 17.5. The Balaban J connectivity index is 1.37. The monoisotopic (exact) mass is 342 g/mol. The van der Waals surface area contributed by atoms with Gasteiger partial charge < -0.3 is 0 Å². The molecule has 3 rings (SSSR count). The van der Waals surface area contributed by atoms with E-state index in [-0.39, 0.29) is 0 Å². The van der Waals surface area contributed by atoms with Gasteiger partial charge in [-0.25, -0.2) is 0 Å². The summed E-state index contributed by atoms with van der Waals surface area (Å²) in [6.45, 7) is 4.75. The molecule has 0 nitrogen and oxygen atoms in total. The van der Waals surface area contributed by atoms with Crippen LogP contribution in [0.25, 0.3) is 0 Å². The molecule has 1 unspecified atom stereocenters. The minimum atomic E-state index is 0.854. The summed E-state index contributed by atoms with van der Waals surface area (Å²) in [5.74, 6) is 4.73. The zero-order valence-electron chi connectivity index (χ0n) is 17.0. The number of unbranched alkanes of at least 4 members (excludes halogenated alkanes) is 3. The van der Waals surface area contributed by atoms with E-state index in [1.54, 1.807) is 5.57 Å². The largest absolute Gasteiger partial charge is 0.0806 e. The van der Waals surface area contributed by atoms with E-state index in [9.17, 15) is 0 Å². The highest BCUT2D eigenvalue weighted by Crippen LogP contribution is 2.41. The molecule has 0 heterocycles. The predicted molar refractivity (Wildman–Crippen MR) is 111 cm³/mol. The van der Waals surface area contributed by atoms with Gasteiger partial charge in [-0.2, -0.15) is 0 Å². The fourth-order valence-electron chi connectivity index (χ4n) is 5.66. The van der Waals surface area contributed by atoms with Crippen molar-refractivity contribution in [3.63, 3.8) is 0 Å². The molecule has 0 aromatic heterocycles. The van der Waals surface area contributed by atoms with Gasteiger partial charge in [0.15, 0.2) is 0 Å². The van der Waals surface area contributed by atoms with Crippen molar-refractivity contribution in [2.45, 2.75) is 104 Å². The maximum atomic E-state index is 2.63. The van der Waals surface area contributed by atoms with E-state index < -0.39 is 0 Å². The van der Waals surface area contributed by atoms with Crippen LogP contribution in [-0.2, 0) is 0 Å². The Bertz CT molecular complexity index is 427. The maximum Gasteiger partial charge on any atom is -0.0165 e. The third kappa shape index (κ3) is 5.73. The fraction of sp³-hybridized carbons (Fsp3) is 0.840. The summed E-state index contributed by atoms with van der Waals surface area (Å²) in [5.41, 5.74) is 1.69. The molecule has 3 aliphatic rings. The summed E-state index contributed by atoms with van der Waals surface area (Å²) in [7, 11) is 0. The Kier molecular flexibility index (Phi) is 7.68. The lowest BCUT2D eigenvalue weighted by Crippen LogP contribution is -2.22. The highest BCUT2D eigenvalue weighted by atomic mass is 14.3. The molecule has 2 fully saturated rings. The number of rotatable bonds is 7. The van der Waals surface area contributed by atoms with Crippen molar-refractivity contribution >= 4 is 0 Å². The fourth-order valence-corrected chi connectivity index (χ4v) is 5.66. The van der Waals surface area contributed by atoms with Gasteiger partial charge in [-0.3, -0.25) is 0 Å². The molecule has 0 saturated heterocycles. The molecule has 0 aromatic carbocycles. The van der Waals surface area contributed by atoms with Crippen LogP contribution in [0.15, 0.2) is 23.8 Å². The lowest BCUT2D eigenvalue weighted by molar-refractivity contribution is 0.217. The van der Waals surface area contributed by atoms with E-state index >= 15 is 0 Å². The van der Waals surface area contributed by atoms with Crippen molar-refractivity contribution in [1.82, 2.24) is 0 Å². The molecular formula is C25H42. The van der Waals surface area contributed by atoms with Crippen LogP contribution in [0.3, 0.4) is 0 Å². The lowest BCUT2D eigenvalue weighted by Gasteiger charge is -2.34. The van der Waals surface area contributed by atoms with E-state index in [4.69, 9.17) is 0 Å².